The van der Waals surface area contributed by atoms with E-state index >= 15 is 0 Å². The number of nitrogen functional groups attached to an aromatic ring is 1. The number of halogens is 1. The first-order valence-electron chi connectivity index (χ1n) is 6.38. The number of carbonyl (C=O) groups excluding carboxylic acids is 1. The molecule has 3 nitrogen and oxygen atoms in total. The van der Waals surface area contributed by atoms with Crippen molar-refractivity contribution in [2.75, 3.05) is 5.73 Å². The normalized spacial score (nSPS) is 12.3. The second-order valence-corrected chi connectivity index (χ2v) is 6.81. The molecule has 1 amide bonds. The van der Waals surface area contributed by atoms with Crippen LogP contribution in [0.15, 0.2) is 18.2 Å². The number of amides is 1. The van der Waals surface area contributed by atoms with Crippen molar-refractivity contribution in [2.24, 2.45) is 5.41 Å². The Morgan fingerprint density at radius 1 is 1.26 bits per heavy atom. The maximum Gasteiger partial charge on any atom is 0.251 e. The number of nitrogens with two attached hydrogens (primary N) is 1. The average Bonchev–Trinajstić information content (AvgIpc) is 2.17. The van der Waals surface area contributed by atoms with Crippen LogP contribution in [0.2, 0.25) is 0 Å². The molecule has 3 N–H and O–H groups in total. The molecule has 106 valence electrons. The second-order valence-electron chi connectivity index (χ2n) is 6.81. The van der Waals surface area contributed by atoms with Gasteiger partial charge in [-0.15, -0.1) is 0 Å². The third-order valence-electron chi connectivity index (χ3n) is 2.69. The van der Waals surface area contributed by atoms with Gasteiger partial charge in [0.1, 0.15) is 5.82 Å². The van der Waals surface area contributed by atoms with E-state index in [4.69, 9.17) is 5.73 Å². The fraction of sp³-hybridized carbons (Fsp3) is 0.533. The Morgan fingerprint density at radius 2 is 1.84 bits per heavy atom. The zero-order chi connectivity index (χ0) is 14.8. The summed E-state index contributed by atoms with van der Waals surface area (Å²) in [6, 6.07) is 4.10. The minimum Gasteiger partial charge on any atom is -0.396 e. The van der Waals surface area contributed by atoms with Crippen LogP contribution in [0.4, 0.5) is 10.1 Å². The molecule has 0 unspecified atom stereocenters. The van der Waals surface area contributed by atoms with Gasteiger partial charge >= 0.3 is 0 Å². The van der Waals surface area contributed by atoms with Gasteiger partial charge in [0.25, 0.3) is 5.91 Å². The molecule has 0 aliphatic carbocycles. The van der Waals surface area contributed by atoms with E-state index in [-0.39, 0.29) is 28.1 Å². The molecule has 0 spiro atoms. The Labute approximate surface area is 114 Å². The molecule has 0 radical (unpaired) electrons. The molecule has 0 heterocycles. The van der Waals surface area contributed by atoms with Crippen molar-refractivity contribution in [1.82, 2.24) is 5.32 Å². The average molecular weight is 266 g/mol. The number of hydrogen-bond acceptors (Lipinski definition) is 2. The van der Waals surface area contributed by atoms with Crippen molar-refractivity contribution < 1.29 is 9.18 Å². The van der Waals surface area contributed by atoms with Crippen molar-refractivity contribution in [3.63, 3.8) is 0 Å². The first kappa shape index (κ1) is 15.5. The van der Waals surface area contributed by atoms with Crippen LogP contribution in [0.25, 0.3) is 0 Å². The predicted octanol–water partition coefficient (Wildman–Crippen LogP) is 3.35. The van der Waals surface area contributed by atoms with Crippen LogP contribution in [-0.2, 0) is 0 Å². The first-order valence-corrected chi connectivity index (χ1v) is 6.38. The highest BCUT2D eigenvalue weighted by Gasteiger charge is 2.27. The zero-order valence-corrected chi connectivity index (χ0v) is 12.3. The molecule has 1 aromatic carbocycles. The molecule has 0 aliphatic heterocycles. The summed E-state index contributed by atoms with van der Waals surface area (Å²) in [4.78, 5) is 12.1. The summed E-state index contributed by atoms with van der Waals surface area (Å²) in [5, 5.41) is 2.93. The van der Waals surface area contributed by atoms with Gasteiger partial charge in [0.05, 0.1) is 5.69 Å². The maximum atomic E-state index is 13.3. The van der Waals surface area contributed by atoms with Crippen LogP contribution in [0.5, 0.6) is 0 Å². The van der Waals surface area contributed by atoms with E-state index < -0.39 is 5.82 Å². The van der Waals surface area contributed by atoms with E-state index in [1.807, 2.05) is 13.8 Å². The van der Waals surface area contributed by atoms with E-state index in [9.17, 15) is 9.18 Å². The molecule has 0 bridgehead atoms. The van der Waals surface area contributed by atoms with Crippen molar-refractivity contribution >= 4 is 11.6 Å². The molecule has 0 aromatic heterocycles. The van der Waals surface area contributed by atoms with Crippen LogP contribution < -0.4 is 11.1 Å². The Hall–Kier alpha value is -1.58. The lowest BCUT2D eigenvalue weighted by Crippen LogP contribution is -2.45. The summed E-state index contributed by atoms with van der Waals surface area (Å²) < 4.78 is 13.3. The summed E-state index contributed by atoms with van der Waals surface area (Å²) in [5.74, 6) is -0.852. The van der Waals surface area contributed by atoms with Crippen LogP contribution in [0.1, 0.15) is 51.4 Å². The lowest BCUT2D eigenvalue weighted by molar-refractivity contribution is 0.0891. The number of carbonyl (C=O) groups is 1. The number of hydrogen-bond donors (Lipinski definition) is 2. The predicted molar refractivity (Wildman–Crippen MR) is 76.4 cm³/mol. The fourth-order valence-corrected chi connectivity index (χ4v) is 2.42. The molecule has 0 aliphatic rings. The molecular formula is C15H23FN2O. The second kappa shape index (κ2) is 5.19. The maximum absolute atomic E-state index is 13.3. The Kier molecular flexibility index (Phi) is 4.23. The van der Waals surface area contributed by atoms with E-state index in [1.54, 1.807) is 0 Å². The first-order chi connectivity index (χ1) is 8.50. The topological polar surface area (TPSA) is 55.1 Å². The minimum atomic E-state index is -0.568. The SMILES string of the molecule is CC(C)(C)CC(C)(C)NC(=O)c1ccc(N)c(F)c1. The highest BCUT2D eigenvalue weighted by Crippen LogP contribution is 2.27. The third kappa shape index (κ3) is 4.89. The number of benzene rings is 1. The lowest BCUT2D eigenvalue weighted by Gasteiger charge is -2.33. The Balaban J connectivity index is 2.81. The summed E-state index contributed by atoms with van der Waals surface area (Å²) in [6.07, 6.45) is 0.823. The molecule has 1 rings (SSSR count). The smallest absolute Gasteiger partial charge is 0.251 e. The molecule has 0 saturated carbocycles. The van der Waals surface area contributed by atoms with Crippen LogP contribution in [0.3, 0.4) is 0 Å². The van der Waals surface area contributed by atoms with Gasteiger partial charge in [0.2, 0.25) is 0 Å². The van der Waals surface area contributed by atoms with Gasteiger partial charge in [-0.1, -0.05) is 20.8 Å². The van der Waals surface area contributed by atoms with Crippen molar-refractivity contribution in [3.05, 3.63) is 29.6 Å². The van der Waals surface area contributed by atoms with Gasteiger partial charge in [-0.05, 0) is 43.9 Å². The van der Waals surface area contributed by atoms with Crippen molar-refractivity contribution in [3.8, 4) is 0 Å². The summed E-state index contributed by atoms with van der Waals surface area (Å²) >= 11 is 0. The molecule has 0 atom stereocenters. The van der Waals surface area contributed by atoms with Gasteiger partial charge in [0.15, 0.2) is 0 Å². The van der Waals surface area contributed by atoms with Crippen LogP contribution in [0, 0.1) is 11.2 Å². The molecule has 4 heteroatoms. The summed E-state index contributed by atoms with van der Waals surface area (Å²) in [5.41, 5.74) is 5.47. The molecule has 0 saturated heterocycles. The van der Waals surface area contributed by atoms with Gasteiger partial charge in [0, 0.05) is 11.1 Å². The highest BCUT2D eigenvalue weighted by molar-refractivity contribution is 5.95. The number of anilines is 1. The van der Waals surface area contributed by atoms with Crippen LogP contribution in [-0.4, -0.2) is 11.4 Å². The number of nitrogens with one attached hydrogen (secondary N) is 1. The fourth-order valence-electron chi connectivity index (χ4n) is 2.42. The summed E-state index contributed by atoms with van der Waals surface area (Å²) in [6.45, 7) is 10.3. The van der Waals surface area contributed by atoms with E-state index in [2.05, 4.69) is 26.1 Å². The molecule has 0 fully saturated rings. The monoisotopic (exact) mass is 266 g/mol. The zero-order valence-electron chi connectivity index (χ0n) is 12.3. The van der Waals surface area contributed by atoms with E-state index in [0.717, 1.165) is 12.5 Å². The van der Waals surface area contributed by atoms with Gasteiger partial charge < -0.3 is 11.1 Å². The van der Waals surface area contributed by atoms with Gasteiger partial charge in [-0.25, -0.2) is 4.39 Å². The molecule has 1 aromatic rings. The Bertz CT molecular complexity index is 476. The van der Waals surface area contributed by atoms with Crippen molar-refractivity contribution in [2.45, 2.75) is 46.6 Å². The highest BCUT2D eigenvalue weighted by atomic mass is 19.1. The van der Waals surface area contributed by atoms with E-state index in [0.29, 0.717) is 0 Å². The van der Waals surface area contributed by atoms with Gasteiger partial charge in [-0.2, -0.15) is 0 Å². The third-order valence-corrected chi connectivity index (χ3v) is 2.69. The van der Waals surface area contributed by atoms with E-state index in [1.165, 1.54) is 12.1 Å². The number of rotatable bonds is 3. The van der Waals surface area contributed by atoms with Crippen LogP contribution >= 0.6 is 0 Å². The Morgan fingerprint density at radius 3 is 2.32 bits per heavy atom. The quantitative estimate of drug-likeness (QED) is 0.824. The van der Waals surface area contributed by atoms with Gasteiger partial charge in [-0.3, -0.25) is 4.79 Å². The molecular weight excluding hydrogens is 243 g/mol. The standard InChI is InChI=1S/C15H23FN2O/c1-14(2,3)9-15(4,5)18-13(19)10-6-7-12(17)11(16)8-10/h6-8H,9,17H2,1-5H3,(H,18,19). The minimum absolute atomic E-state index is 0.0468. The largest absolute Gasteiger partial charge is 0.396 e. The lowest BCUT2D eigenvalue weighted by atomic mass is 9.81. The van der Waals surface area contributed by atoms with Crippen molar-refractivity contribution in [1.29, 1.82) is 0 Å². The molecule has 19 heavy (non-hydrogen) atoms. The summed E-state index contributed by atoms with van der Waals surface area (Å²) in [7, 11) is 0.